The highest BCUT2D eigenvalue weighted by Crippen LogP contribution is 2.31. The van der Waals surface area contributed by atoms with Gasteiger partial charge in [0.15, 0.2) is 5.75 Å². The molecule has 2 rings (SSSR count). The van der Waals surface area contributed by atoms with Crippen molar-refractivity contribution >= 4 is 0 Å². The molecule has 0 saturated carbocycles. The summed E-state index contributed by atoms with van der Waals surface area (Å²) in [6.45, 7) is 6.58. The lowest BCUT2D eigenvalue weighted by atomic mass is 10.1. The molecule has 1 N–H and O–H groups in total. The maximum Gasteiger partial charge on any atom is 0.163 e. The van der Waals surface area contributed by atoms with E-state index in [1.54, 1.807) is 18.0 Å². The average Bonchev–Trinajstić information content (AvgIpc) is 2.89. The van der Waals surface area contributed by atoms with E-state index in [1.807, 2.05) is 45.0 Å². The van der Waals surface area contributed by atoms with E-state index in [0.29, 0.717) is 18.0 Å². The number of methoxy groups -OCH3 is 1. The monoisotopic (exact) mass is 290 g/mol. The van der Waals surface area contributed by atoms with E-state index in [2.05, 4.69) is 5.10 Å². The minimum atomic E-state index is -0.807. The predicted molar refractivity (Wildman–Crippen MR) is 80.7 cm³/mol. The van der Waals surface area contributed by atoms with Gasteiger partial charge in [-0.1, -0.05) is 12.1 Å². The van der Waals surface area contributed by atoms with Crippen LogP contribution in [0.3, 0.4) is 0 Å². The third kappa shape index (κ3) is 3.36. The maximum atomic E-state index is 10.7. The molecule has 1 aromatic heterocycles. The van der Waals surface area contributed by atoms with Crippen LogP contribution in [0, 0.1) is 0 Å². The Morgan fingerprint density at radius 3 is 2.71 bits per heavy atom. The van der Waals surface area contributed by atoms with Crippen LogP contribution < -0.4 is 9.47 Å². The molecule has 0 amide bonds. The van der Waals surface area contributed by atoms with Crippen LogP contribution in [0.5, 0.6) is 11.5 Å². The van der Waals surface area contributed by atoms with Crippen molar-refractivity contribution in [3.8, 4) is 11.5 Å². The quantitative estimate of drug-likeness (QED) is 0.889. The summed E-state index contributed by atoms with van der Waals surface area (Å²) in [5, 5.41) is 14.9. The number of nitrogens with zero attached hydrogens (tertiary/aromatic N) is 2. The zero-order valence-corrected chi connectivity index (χ0v) is 12.9. The summed E-state index contributed by atoms with van der Waals surface area (Å²) in [5.41, 5.74) is 1.41. The Morgan fingerprint density at radius 2 is 2.10 bits per heavy atom. The van der Waals surface area contributed by atoms with Crippen molar-refractivity contribution in [3.05, 3.63) is 41.7 Å². The van der Waals surface area contributed by atoms with Crippen molar-refractivity contribution in [2.45, 2.75) is 39.5 Å². The molecule has 1 unspecified atom stereocenters. The zero-order valence-electron chi connectivity index (χ0n) is 12.9. The number of aryl methyl sites for hydroxylation is 1. The van der Waals surface area contributed by atoms with E-state index in [1.165, 1.54) is 0 Å². The Morgan fingerprint density at radius 1 is 1.33 bits per heavy atom. The summed E-state index contributed by atoms with van der Waals surface area (Å²) in [4.78, 5) is 0. The Labute approximate surface area is 125 Å². The van der Waals surface area contributed by atoms with Gasteiger partial charge in [-0.25, -0.2) is 0 Å². The van der Waals surface area contributed by atoms with Gasteiger partial charge in [-0.3, -0.25) is 4.68 Å². The maximum absolute atomic E-state index is 10.7. The largest absolute Gasteiger partial charge is 0.493 e. The Kier molecular flexibility index (Phi) is 4.85. The average molecular weight is 290 g/mol. The number of aliphatic hydroxyl groups is 1. The molecule has 0 fully saturated rings. The molecule has 0 aliphatic heterocycles. The van der Waals surface area contributed by atoms with Crippen molar-refractivity contribution in [3.63, 3.8) is 0 Å². The van der Waals surface area contributed by atoms with Gasteiger partial charge in [0.2, 0.25) is 0 Å². The molecule has 1 aromatic carbocycles. The van der Waals surface area contributed by atoms with Crippen LogP contribution in [0.4, 0.5) is 0 Å². The van der Waals surface area contributed by atoms with Crippen LogP contribution in [0.2, 0.25) is 0 Å². The van der Waals surface area contributed by atoms with Gasteiger partial charge in [0.05, 0.1) is 19.4 Å². The topological polar surface area (TPSA) is 56.5 Å². The number of benzene rings is 1. The van der Waals surface area contributed by atoms with Gasteiger partial charge in [0, 0.05) is 6.54 Å². The molecule has 21 heavy (non-hydrogen) atoms. The van der Waals surface area contributed by atoms with Crippen molar-refractivity contribution in [2.75, 3.05) is 7.11 Å². The van der Waals surface area contributed by atoms with Crippen LogP contribution >= 0.6 is 0 Å². The SMILES string of the molecule is CCn1ncc(OC)c1C(O)c1cccc(OC(C)C)c1. The highest BCUT2D eigenvalue weighted by atomic mass is 16.5. The van der Waals surface area contributed by atoms with E-state index in [9.17, 15) is 5.11 Å². The standard InChI is InChI=1S/C16H22N2O3/c1-5-18-15(14(20-4)10-17-18)16(19)12-7-6-8-13(9-12)21-11(2)3/h6-11,16,19H,5H2,1-4H3. The number of rotatable bonds is 6. The van der Waals surface area contributed by atoms with Crippen molar-refractivity contribution < 1.29 is 14.6 Å². The first kappa shape index (κ1) is 15.4. The van der Waals surface area contributed by atoms with Crippen LogP contribution in [0.25, 0.3) is 0 Å². The first-order chi connectivity index (χ1) is 10.1. The van der Waals surface area contributed by atoms with Gasteiger partial charge in [0.25, 0.3) is 0 Å². The molecule has 1 atom stereocenters. The minimum Gasteiger partial charge on any atom is -0.493 e. The van der Waals surface area contributed by atoms with Crippen molar-refractivity contribution in [1.82, 2.24) is 9.78 Å². The molecule has 0 radical (unpaired) electrons. The van der Waals surface area contributed by atoms with E-state index >= 15 is 0 Å². The van der Waals surface area contributed by atoms with Crippen LogP contribution in [-0.4, -0.2) is 28.1 Å². The molecule has 114 valence electrons. The summed E-state index contributed by atoms with van der Waals surface area (Å²) >= 11 is 0. The van der Waals surface area contributed by atoms with E-state index in [4.69, 9.17) is 9.47 Å². The number of hydrogen-bond acceptors (Lipinski definition) is 4. The molecule has 0 spiro atoms. The van der Waals surface area contributed by atoms with Crippen LogP contribution in [0.1, 0.15) is 38.1 Å². The first-order valence-electron chi connectivity index (χ1n) is 7.11. The van der Waals surface area contributed by atoms with Gasteiger partial charge in [-0.2, -0.15) is 5.10 Å². The van der Waals surface area contributed by atoms with E-state index in [-0.39, 0.29) is 6.10 Å². The summed E-state index contributed by atoms with van der Waals surface area (Å²) in [7, 11) is 1.57. The molecule has 0 bridgehead atoms. The third-order valence-corrected chi connectivity index (χ3v) is 3.17. The van der Waals surface area contributed by atoms with Crippen LogP contribution in [0.15, 0.2) is 30.5 Å². The minimum absolute atomic E-state index is 0.0908. The number of hydrogen-bond donors (Lipinski definition) is 1. The van der Waals surface area contributed by atoms with Gasteiger partial charge in [-0.15, -0.1) is 0 Å². The number of aromatic nitrogens is 2. The molecule has 5 heteroatoms. The molecular weight excluding hydrogens is 268 g/mol. The second-order valence-electron chi connectivity index (χ2n) is 5.06. The zero-order chi connectivity index (χ0) is 15.4. The molecular formula is C16H22N2O3. The predicted octanol–water partition coefficient (Wildman–Crippen LogP) is 2.78. The Bertz CT molecular complexity index is 571. The lowest BCUT2D eigenvalue weighted by Crippen LogP contribution is -2.11. The van der Waals surface area contributed by atoms with Gasteiger partial charge in [-0.05, 0) is 38.5 Å². The number of aliphatic hydroxyl groups excluding tert-OH is 1. The summed E-state index contributed by atoms with van der Waals surface area (Å²) in [6, 6.07) is 7.46. The first-order valence-corrected chi connectivity index (χ1v) is 7.11. The second-order valence-corrected chi connectivity index (χ2v) is 5.06. The smallest absolute Gasteiger partial charge is 0.163 e. The molecule has 5 nitrogen and oxygen atoms in total. The highest BCUT2D eigenvalue weighted by molar-refractivity contribution is 5.38. The van der Waals surface area contributed by atoms with E-state index in [0.717, 1.165) is 11.3 Å². The normalized spacial score (nSPS) is 12.5. The molecule has 0 aliphatic carbocycles. The molecule has 2 aromatic rings. The Hall–Kier alpha value is -2.01. The summed E-state index contributed by atoms with van der Waals surface area (Å²) in [5.74, 6) is 1.32. The number of ether oxygens (including phenoxy) is 2. The summed E-state index contributed by atoms with van der Waals surface area (Å²) < 4.78 is 12.7. The second kappa shape index (κ2) is 6.63. The highest BCUT2D eigenvalue weighted by Gasteiger charge is 2.21. The fourth-order valence-electron chi connectivity index (χ4n) is 2.25. The van der Waals surface area contributed by atoms with Gasteiger partial charge in [0.1, 0.15) is 17.5 Å². The summed E-state index contributed by atoms with van der Waals surface area (Å²) in [6.07, 6.45) is 0.905. The van der Waals surface area contributed by atoms with Crippen LogP contribution in [-0.2, 0) is 6.54 Å². The lowest BCUT2D eigenvalue weighted by Gasteiger charge is -2.16. The Balaban J connectivity index is 2.35. The fraction of sp³-hybridized carbons (Fsp3) is 0.438. The molecule has 0 saturated heterocycles. The fourth-order valence-corrected chi connectivity index (χ4v) is 2.25. The van der Waals surface area contributed by atoms with Crippen molar-refractivity contribution in [2.24, 2.45) is 0 Å². The van der Waals surface area contributed by atoms with Crippen molar-refractivity contribution in [1.29, 1.82) is 0 Å². The van der Waals surface area contributed by atoms with Gasteiger partial charge < -0.3 is 14.6 Å². The van der Waals surface area contributed by atoms with E-state index < -0.39 is 6.10 Å². The molecule has 1 heterocycles. The lowest BCUT2D eigenvalue weighted by molar-refractivity contribution is 0.200. The molecule has 0 aliphatic rings. The third-order valence-electron chi connectivity index (χ3n) is 3.17. The van der Waals surface area contributed by atoms with Gasteiger partial charge >= 0.3 is 0 Å².